The van der Waals surface area contributed by atoms with Gasteiger partial charge in [0.15, 0.2) is 0 Å². The highest BCUT2D eigenvalue weighted by Gasteiger charge is 2.34. The van der Waals surface area contributed by atoms with E-state index in [1.807, 2.05) is 32.0 Å². The topological polar surface area (TPSA) is 52.9 Å². The SMILES string of the molecule is CCC(C#N)(CC)C(=O)Nc1cccc(Br)c1. The average molecular weight is 295 g/mol. The van der Waals surface area contributed by atoms with Crippen molar-refractivity contribution in [2.75, 3.05) is 5.32 Å². The minimum atomic E-state index is -0.928. The number of benzene rings is 1. The molecule has 1 rings (SSSR count). The molecule has 0 aromatic heterocycles. The van der Waals surface area contributed by atoms with E-state index in [4.69, 9.17) is 5.26 Å². The molecule has 0 aliphatic heterocycles. The van der Waals surface area contributed by atoms with E-state index in [-0.39, 0.29) is 5.91 Å². The third-order valence-corrected chi connectivity index (χ3v) is 3.43. The first-order valence-electron chi connectivity index (χ1n) is 5.56. The number of nitriles is 1. The second-order valence-electron chi connectivity index (χ2n) is 3.87. The van der Waals surface area contributed by atoms with Crippen LogP contribution >= 0.6 is 15.9 Å². The molecule has 0 aliphatic carbocycles. The highest BCUT2D eigenvalue weighted by Crippen LogP contribution is 2.27. The molecule has 0 radical (unpaired) electrons. The number of halogens is 1. The molecule has 1 amide bonds. The van der Waals surface area contributed by atoms with E-state index in [1.165, 1.54) is 0 Å². The first-order chi connectivity index (χ1) is 8.07. The Morgan fingerprint density at radius 2 is 2.12 bits per heavy atom. The van der Waals surface area contributed by atoms with Gasteiger partial charge in [-0.25, -0.2) is 0 Å². The van der Waals surface area contributed by atoms with Crippen LogP contribution in [0, 0.1) is 16.7 Å². The lowest BCUT2D eigenvalue weighted by Gasteiger charge is -2.22. The van der Waals surface area contributed by atoms with Crippen molar-refractivity contribution in [1.82, 2.24) is 0 Å². The van der Waals surface area contributed by atoms with Crippen molar-refractivity contribution in [3.8, 4) is 6.07 Å². The molecule has 0 bridgehead atoms. The molecule has 0 spiro atoms. The molecule has 0 saturated heterocycles. The van der Waals surface area contributed by atoms with Gasteiger partial charge in [-0.2, -0.15) is 5.26 Å². The summed E-state index contributed by atoms with van der Waals surface area (Å²) in [6.45, 7) is 3.71. The summed E-state index contributed by atoms with van der Waals surface area (Å²) in [4.78, 5) is 12.1. The monoisotopic (exact) mass is 294 g/mol. The minimum Gasteiger partial charge on any atom is -0.325 e. The van der Waals surface area contributed by atoms with Crippen molar-refractivity contribution < 1.29 is 4.79 Å². The maximum absolute atomic E-state index is 12.1. The fourth-order valence-corrected chi connectivity index (χ4v) is 2.00. The Balaban J connectivity index is 2.89. The lowest BCUT2D eigenvalue weighted by molar-refractivity contribution is -0.123. The number of amides is 1. The summed E-state index contributed by atoms with van der Waals surface area (Å²) < 4.78 is 0.894. The second kappa shape index (κ2) is 5.83. The van der Waals surface area contributed by atoms with Gasteiger partial charge in [0.2, 0.25) is 5.91 Å². The Labute approximate surface area is 110 Å². The van der Waals surface area contributed by atoms with Crippen LogP contribution in [0.1, 0.15) is 26.7 Å². The first kappa shape index (κ1) is 13.7. The number of hydrogen-bond acceptors (Lipinski definition) is 2. The largest absolute Gasteiger partial charge is 0.325 e. The molecule has 0 unspecified atom stereocenters. The van der Waals surface area contributed by atoms with Gasteiger partial charge in [-0.1, -0.05) is 35.8 Å². The maximum Gasteiger partial charge on any atom is 0.244 e. The zero-order valence-electron chi connectivity index (χ0n) is 9.96. The van der Waals surface area contributed by atoms with Crippen LogP contribution in [0.5, 0.6) is 0 Å². The quantitative estimate of drug-likeness (QED) is 0.920. The molecule has 90 valence electrons. The number of anilines is 1. The van der Waals surface area contributed by atoms with Crippen molar-refractivity contribution >= 4 is 27.5 Å². The van der Waals surface area contributed by atoms with Gasteiger partial charge in [0.05, 0.1) is 6.07 Å². The van der Waals surface area contributed by atoms with E-state index >= 15 is 0 Å². The van der Waals surface area contributed by atoms with Crippen molar-refractivity contribution in [3.05, 3.63) is 28.7 Å². The summed E-state index contributed by atoms with van der Waals surface area (Å²) in [5.74, 6) is -0.233. The van der Waals surface area contributed by atoms with Gasteiger partial charge < -0.3 is 5.32 Å². The van der Waals surface area contributed by atoms with E-state index in [9.17, 15) is 4.79 Å². The molecule has 0 fully saturated rings. The summed E-state index contributed by atoms with van der Waals surface area (Å²) in [6.07, 6.45) is 1.03. The zero-order chi connectivity index (χ0) is 12.9. The van der Waals surface area contributed by atoms with Gasteiger partial charge in [0, 0.05) is 10.2 Å². The molecule has 0 aliphatic rings. The summed E-state index contributed by atoms with van der Waals surface area (Å²) in [5.41, 5.74) is -0.228. The van der Waals surface area contributed by atoms with Crippen molar-refractivity contribution in [3.63, 3.8) is 0 Å². The van der Waals surface area contributed by atoms with Gasteiger partial charge in [0.1, 0.15) is 5.41 Å². The Hall–Kier alpha value is -1.34. The number of nitrogens with zero attached hydrogens (tertiary/aromatic N) is 1. The van der Waals surface area contributed by atoms with E-state index in [1.54, 1.807) is 6.07 Å². The lowest BCUT2D eigenvalue weighted by Crippen LogP contribution is -2.33. The van der Waals surface area contributed by atoms with Gasteiger partial charge in [-0.15, -0.1) is 0 Å². The van der Waals surface area contributed by atoms with E-state index < -0.39 is 5.41 Å². The van der Waals surface area contributed by atoms with Gasteiger partial charge in [-0.3, -0.25) is 4.79 Å². The van der Waals surface area contributed by atoms with Crippen molar-refractivity contribution in [2.24, 2.45) is 5.41 Å². The molecule has 3 nitrogen and oxygen atoms in total. The van der Waals surface area contributed by atoms with Crippen LogP contribution in [0.4, 0.5) is 5.69 Å². The summed E-state index contributed by atoms with van der Waals surface area (Å²) in [5, 5.41) is 11.9. The molecule has 4 heteroatoms. The molecule has 0 saturated carbocycles. The molecule has 1 aromatic rings. The summed E-state index contributed by atoms with van der Waals surface area (Å²) in [6, 6.07) is 9.46. The van der Waals surface area contributed by atoms with E-state index in [2.05, 4.69) is 27.3 Å². The molecular formula is C13H15BrN2O. The Kier molecular flexibility index (Phi) is 4.71. The molecular weight excluding hydrogens is 280 g/mol. The first-order valence-corrected chi connectivity index (χ1v) is 6.35. The summed E-state index contributed by atoms with van der Waals surface area (Å²) >= 11 is 3.34. The third kappa shape index (κ3) is 3.07. The Morgan fingerprint density at radius 1 is 1.47 bits per heavy atom. The second-order valence-corrected chi connectivity index (χ2v) is 4.78. The number of carbonyl (C=O) groups is 1. The zero-order valence-corrected chi connectivity index (χ0v) is 11.5. The summed E-state index contributed by atoms with van der Waals surface area (Å²) in [7, 11) is 0. The van der Waals surface area contributed by atoms with Gasteiger partial charge >= 0.3 is 0 Å². The van der Waals surface area contributed by atoms with E-state index in [0.717, 1.165) is 4.47 Å². The van der Waals surface area contributed by atoms with Crippen molar-refractivity contribution in [1.29, 1.82) is 5.26 Å². The predicted octanol–water partition coefficient (Wildman–Crippen LogP) is 3.72. The average Bonchev–Trinajstić information content (AvgIpc) is 2.32. The molecule has 0 heterocycles. The maximum atomic E-state index is 12.1. The highest BCUT2D eigenvalue weighted by atomic mass is 79.9. The molecule has 17 heavy (non-hydrogen) atoms. The fraction of sp³-hybridized carbons (Fsp3) is 0.385. The van der Waals surface area contributed by atoms with Crippen molar-refractivity contribution in [2.45, 2.75) is 26.7 Å². The Morgan fingerprint density at radius 3 is 2.59 bits per heavy atom. The Bertz CT molecular complexity index is 447. The number of rotatable bonds is 4. The third-order valence-electron chi connectivity index (χ3n) is 2.94. The van der Waals surface area contributed by atoms with Crippen LogP contribution < -0.4 is 5.32 Å². The van der Waals surface area contributed by atoms with Crippen LogP contribution in [0.2, 0.25) is 0 Å². The molecule has 1 aromatic carbocycles. The number of carbonyl (C=O) groups excluding carboxylic acids is 1. The van der Waals surface area contributed by atoms with Gasteiger partial charge in [-0.05, 0) is 31.0 Å². The highest BCUT2D eigenvalue weighted by molar-refractivity contribution is 9.10. The molecule has 1 N–H and O–H groups in total. The standard InChI is InChI=1S/C13H15BrN2O/c1-3-13(4-2,9-15)12(17)16-11-7-5-6-10(14)8-11/h5-8H,3-4H2,1-2H3,(H,16,17). The smallest absolute Gasteiger partial charge is 0.244 e. The van der Waals surface area contributed by atoms with Crippen LogP contribution in [0.25, 0.3) is 0 Å². The van der Waals surface area contributed by atoms with Crippen LogP contribution in [0.3, 0.4) is 0 Å². The van der Waals surface area contributed by atoms with Gasteiger partial charge in [0.25, 0.3) is 0 Å². The lowest BCUT2D eigenvalue weighted by atomic mass is 9.83. The predicted molar refractivity (Wildman–Crippen MR) is 71.4 cm³/mol. The minimum absolute atomic E-state index is 0.233. The van der Waals surface area contributed by atoms with E-state index in [0.29, 0.717) is 18.5 Å². The van der Waals surface area contributed by atoms with Crippen LogP contribution in [-0.2, 0) is 4.79 Å². The number of nitrogens with one attached hydrogen (secondary N) is 1. The van der Waals surface area contributed by atoms with Crippen LogP contribution in [0.15, 0.2) is 28.7 Å². The van der Waals surface area contributed by atoms with Crippen LogP contribution in [-0.4, -0.2) is 5.91 Å². The number of hydrogen-bond donors (Lipinski definition) is 1. The molecule has 0 atom stereocenters. The normalized spacial score (nSPS) is 10.7. The fourth-order valence-electron chi connectivity index (χ4n) is 1.60.